The second-order valence-electron chi connectivity index (χ2n) is 6.11. The van der Waals surface area contributed by atoms with Crippen LogP contribution in [0.3, 0.4) is 0 Å². The van der Waals surface area contributed by atoms with Gasteiger partial charge in [-0.1, -0.05) is 48.5 Å². The van der Waals surface area contributed by atoms with Crippen molar-refractivity contribution in [2.45, 2.75) is 6.61 Å². The standard InChI is InChI=1S/C24H22O4/c1-26-20-11-8-18(9-12-20)10-15-23(25)22-14-13-21(16-24(22)27-2)28-17-19-6-4-3-5-7-19/h3-16H,17H2,1-2H3. The number of carbonyl (C=O) groups is 1. The molecule has 0 saturated carbocycles. The Hall–Kier alpha value is -3.53. The predicted molar refractivity (Wildman–Crippen MR) is 110 cm³/mol. The molecule has 0 saturated heterocycles. The van der Waals surface area contributed by atoms with Crippen LogP contribution in [0.2, 0.25) is 0 Å². The highest BCUT2D eigenvalue weighted by molar-refractivity contribution is 6.08. The van der Waals surface area contributed by atoms with Crippen molar-refractivity contribution in [2.24, 2.45) is 0 Å². The molecule has 3 aromatic carbocycles. The number of ketones is 1. The summed E-state index contributed by atoms with van der Waals surface area (Å²) in [4.78, 5) is 12.6. The van der Waals surface area contributed by atoms with Gasteiger partial charge in [0, 0.05) is 6.07 Å². The van der Waals surface area contributed by atoms with E-state index in [2.05, 4.69) is 0 Å². The van der Waals surface area contributed by atoms with Gasteiger partial charge in [-0.05, 0) is 41.5 Å². The van der Waals surface area contributed by atoms with E-state index in [1.165, 1.54) is 6.08 Å². The number of rotatable bonds is 8. The molecule has 0 bridgehead atoms. The molecule has 4 heteroatoms. The molecule has 0 aliphatic carbocycles. The highest BCUT2D eigenvalue weighted by atomic mass is 16.5. The average molecular weight is 374 g/mol. The lowest BCUT2D eigenvalue weighted by atomic mass is 10.1. The zero-order chi connectivity index (χ0) is 19.8. The number of ether oxygens (including phenoxy) is 3. The Bertz CT molecular complexity index is 944. The van der Waals surface area contributed by atoms with Gasteiger partial charge in [0.15, 0.2) is 5.78 Å². The van der Waals surface area contributed by atoms with Crippen LogP contribution >= 0.6 is 0 Å². The van der Waals surface area contributed by atoms with Crippen molar-refractivity contribution in [2.75, 3.05) is 14.2 Å². The lowest BCUT2D eigenvalue weighted by molar-refractivity contribution is 0.104. The Morgan fingerprint density at radius 3 is 2.25 bits per heavy atom. The third kappa shape index (κ3) is 5.01. The van der Waals surface area contributed by atoms with Gasteiger partial charge in [-0.25, -0.2) is 0 Å². The van der Waals surface area contributed by atoms with Crippen LogP contribution in [0, 0.1) is 0 Å². The monoisotopic (exact) mass is 374 g/mol. The summed E-state index contributed by atoms with van der Waals surface area (Å²) in [6.07, 6.45) is 3.30. The van der Waals surface area contributed by atoms with Gasteiger partial charge >= 0.3 is 0 Å². The number of hydrogen-bond acceptors (Lipinski definition) is 4. The Balaban J connectivity index is 1.70. The molecule has 0 heterocycles. The first-order valence-electron chi connectivity index (χ1n) is 8.91. The zero-order valence-electron chi connectivity index (χ0n) is 15.9. The second kappa shape index (κ2) is 9.42. The minimum absolute atomic E-state index is 0.137. The Labute approximate surface area is 165 Å². The molecule has 0 atom stereocenters. The molecule has 4 nitrogen and oxygen atoms in total. The van der Waals surface area contributed by atoms with Gasteiger partial charge < -0.3 is 14.2 Å². The van der Waals surface area contributed by atoms with E-state index < -0.39 is 0 Å². The number of carbonyl (C=O) groups excluding carboxylic acids is 1. The van der Waals surface area contributed by atoms with E-state index in [1.54, 1.807) is 38.5 Å². The van der Waals surface area contributed by atoms with Crippen molar-refractivity contribution in [3.8, 4) is 17.2 Å². The third-order valence-corrected chi connectivity index (χ3v) is 4.23. The molecule has 0 aromatic heterocycles. The van der Waals surface area contributed by atoms with Gasteiger partial charge in [-0.2, -0.15) is 0 Å². The van der Waals surface area contributed by atoms with Crippen molar-refractivity contribution >= 4 is 11.9 Å². The van der Waals surface area contributed by atoms with Crippen molar-refractivity contribution in [1.29, 1.82) is 0 Å². The number of methoxy groups -OCH3 is 2. The minimum Gasteiger partial charge on any atom is -0.497 e. The lowest BCUT2D eigenvalue weighted by Crippen LogP contribution is -2.01. The molecule has 0 amide bonds. The summed E-state index contributed by atoms with van der Waals surface area (Å²) in [5.41, 5.74) is 2.47. The first-order valence-corrected chi connectivity index (χ1v) is 8.91. The van der Waals surface area contributed by atoms with Crippen LogP contribution in [0.15, 0.2) is 78.9 Å². The smallest absolute Gasteiger partial charge is 0.189 e. The van der Waals surface area contributed by atoms with Crippen LogP contribution in [0.1, 0.15) is 21.5 Å². The molecular formula is C24H22O4. The predicted octanol–water partition coefficient (Wildman–Crippen LogP) is 5.18. The van der Waals surface area contributed by atoms with Gasteiger partial charge in [0.2, 0.25) is 0 Å². The van der Waals surface area contributed by atoms with E-state index in [0.29, 0.717) is 23.7 Å². The second-order valence-corrected chi connectivity index (χ2v) is 6.11. The number of allylic oxidation sites excluding steroid dienone is 1. The summed E-state index contributed by atoms with van der Waals surface area (Å²) >= 11 is 0. The number of benzene rings is 3. The van der Waals surface area contributed by atoms with Crippen LogP contribution in [0.25, 0.3) is 6.08 Å². The molecule has 0 aliphatic heterocycles. The molecule has 0 radical (unpaired) electrons. The SMILES string of the molecule is COc1ccc(C=CC(=O)c2ccc(OCc3ccccc3)cc2OC)cc1. The number of hydrogen-bond donors (Lipinski definition) is 0. The highest BCUT2D eigenvalue weighted by Crippen LogP contribution is 2.26. The van der Waals surface area contributed by atoms with E-state index >= 15 is 0 Å². The fraction of sp³-hybridized carbons (Fsp3) is 0.125. The quantitative estimate of drug-likeness (QED) is 0.403. The van der Waals surface area contributed by atoms with Crippen molar-refractivity contribution in [1.82, 2.24) is 0 Å². The van der Waals surface area contributed by atoms with Crippen LogP contribution in [-0.2, 0) is 6.61 Å². The fourth-order valence-electron chi connectivity index (χ4n) is 2.68. The van der Waals surface area contributed by atoms with E-state index in [-0.39, 0.29) is 5.78 Å². The van der Waals surface area contributed by atoms with Crippen LogP contribution < -0.4 is 14.2 Å². The Morgan fingerprint density at radius 2 is 1.57 bits per heavy atom. The zero-order valence-corrected chi connectivity index (χ0v) is 15.9. The molecule has 0 N–H and O–H groups in total. The molecule has 28 heavy (non-hydrogen) atoms. The largest absolute Gasteiger partial charge is 0.497 e. The molecular weight excluding hydrogens is 352 g/mol. The molecule has 0 aliphatic rings. The maximum Gasteiger partial charge on any atom is 0.189 e. The summed E-state index contributed by atoms with van der Waals surface area (Å²) in [6, 6.07) is 22.6. The molecule has 3 rings (SSSR count). The molecule has 142 valence electrons. The average Bonchev–Trinajstić information content (AvgIpc) is 2.76. The Morgan fingerprint density at radius 1 is 0.857 bits per heavy atom. The van der Waals surface area contributed by atoms with E-state index in [0.717, 1.165) is 16.9 Å². The maximum absolute atomic E-state index is 12.6. The van der Waals surface area contributed by atoms with Gasteiger partial charge in [0.25, 0.3) is 0 Å². The van der Waals surface area contributed by atoms with Gasteiger partial charge in [0.1, 0.15) is 23.9 Å². The van der Waals surface area contributed by atoms with Crippen LogP contribution in [0.5, 0.6) is 17.2 Å². The topological polar surface area (TPSA) is 44.8 Å². The van der Waals surface area contributed by atoms with Gasteiger partial charge in [0.05, 0.1) is 19.8 Å². The minimum atomic E-state index is -0.137. The first kappa shape index (κ1) is 19.2. The summed E-state index contributed by atoms with van der Waals surface area (Å²) in [7, 11) is 3.16. The summed E-state index contributed by atoms with van der Waals surface area (Å²) < 4.78 is 16.3. The highest BCUT2D eigenvalue weighted by Gasteiger charge is 2.11. The van der Waals surface area contributed by atoms with Crippen LogP contribution in [-0.4, -0.2) is 20.0 Å². The normalized spacial score (nSPS) is 10.6. The lowest BCUT2D eigenvalue weighted by Gasteiger charge is -2.10. The Kier molecular flexibility index (Phi) is 6.47. The molecule has 0 unspecified atom stereocenters. The van der Waals surface area contributed by atoms with Crippen molar-refractivity contribution < 1.29 is 19.0 Å². The third-order valence-electron chi connectivity index (χ3n) is 4.23. The van der Waals surface area contributed by atoms with Crippen molar-refractivity contribution in [3.05, 3.63) is 95.6 Å². The summed E-state index contributed by atoms with van der Waals surface area (Å²) in [5.74, 6) is 1.77. The van der Waals surface area contributed by atoms with E-state index in [4.69, 9.17) is 14.2 Å². The first-order chi connectivity index (χ1) is 13.7. The van der Waals surface area contributed by atoms with E-state index in [1.807, 2.05) is 54.6 Å². The summed E-state index contributed by atoms with van der Waals surface area (Å²) in [5, 5.41) is 0. The van der Waals surface area contributed by atoms with Gasteiger partial charge in [-0.3, -0.25) is 4.79 Å². The fourth-order valence-corrected chi connectivity index (χ4v) is 2.68. The molecule has 0 fully saturated rings. The maximum atomic E-state index is 12.6. The van der Waals surface area contributed by atoms with Gasteiger partial charge in [-0.15, -0.1) is 0 Å². The van der Waals surface area contributed by atoms with E-state index in [9.17, 15) is 4.79 Å². The summed E-state index contributed by atoms with van der Waals surface area (Å²) in [6.45, 7) is 0.453. The molecule has 3 aromatic rings. The molecule has 0 spiro atoms. The van der Waals surface area contributed by atoms with Crippen molar-refractivity contribution in [3.63, 3.8) is 0 Å². The van der Waals surface area contributed by atoms with Crippen LogP contribution in [0.4, 0.5) is 0 Å².